The van der Waals surface area contributed by atoms with Gasteiger partial charge in [0.05, 0.1) is 18.6 Å². The van der Waals surface area contributed by atoms with E-state index in [1.165, 1.54) is 6.20 Å². The van der Waals surface area contributed by atoms with Crippen LogP contribution in [0.15, 0.2) is 18.3 Å². The maximum absolute atomic E-state index is 11.0. The monoisotopic (exact) mass is 239 g/mol. The van der Waals surface area contributed by atoms with Crippen molar-refractivity contribution >= 4 is 12.2 Å². The second kappa shape index (κ2) is 8.05. The van der Waals surface area contributed by atoms with Gasteiger partial charge < -0.3 is 10.5 Å². The molecule has 0 atom stereocenters. The van der Waals surface area contributed by atoms with Crippen LogP contribution in [0.2, 0.25) is 0 Å². The fourth-order valence-electron chi connectivity index (χ4n) is 0.930. The summed E-state index contributed by atoms with van der Waals surface area (Å²) in [6.45, 7) is 3.83. The zero-order valence-electron chi connectivity index (χ0n) is 9.81. The van der Waals surface area contributed by atoms with E-state index in [-0.39, 0.29) is 11.8 Å². The van der Waals surface area contributed by atoms with Gasteiger partial charge in [-0.1, -0.05) is 0 Å². The average molecular weight is 239 g/mol. The Hall–Kier alpha value is -2.15. The van der Waals surface area contributed by atoms with E-state index in [0.717, 1.165) is 6.34 Å². The van der Waals surface area contributed by atoms with Gasteiger partial charge in [-0.25, -0.2) is 10.8 Å². The van der Waals surface area contributed by atoms with Gasteiger partial charge in [-0.3, -0.25) is 15.6 Å². The summed E-state index contributed by atoms with van der Waals surface area (Å²) >= 11 is 0. The van der Waals surface area contributed by atoms with E-state index in [4.69, 9.17) is 16.0 Å². The van der Waals surface area contributed by atoms with E-state index < -0.39 is 5.91 Å². The molecule has 0 radical (unpaired) electrons. The van der Waals surface area contributed by atoms with Crippen molar-refractivity contribution in [2.45, 2.75) is 20.0 Å². The molecule has 1 heterocycles. The van der Waals surface area contributed by atoms with Crippen molar-refractivity contribution in [1.29, 1.82) is 5.41 Å². The van der Waals surface area contributed by atoms with E-state index in [2.05, 4.69) is 10.7 Å². The molecule has 0 saturated heterocycles. The number of nitrogens with two attached hydrogens (primary N) is 2. The number of pyridine rings is 1. The van der Waals surface area contributed by atoms with E-state index in [9.17, 15) is 4.79 Å². The summed E-state index contributed by atoms with van der Waals surface area (Å²) in [5.74, 6) is 5.17. The highest BCUT2D eigenvalue weighted by molar-refractivity contribution is 5.91. The van der Waals surface area contributed by atoms with Gasteiger partial charge in [0.15, 0.2) is 0 Å². The molecule has 7 nitrogen and oxygen atoms in total. The molecule has 1 rings (SSSR count). The van der Waals surface area contributed by atoms with Gasteiger partial charge in [-0.15, -0.1) is 0 Å². The minimum Gasteiger partial charge on any atom is -0.489 e. The third-order valence-corrected chi connectivity index (χ3v) is 1.47. The first-order valence-electron chi connectivity index (χ1n) is 4.89. The second-order valence-electron chi connectivity index (χ2n) is 3.19. The van der Waals surface area contributed by atoms with Gasteiger partial charge >= 0.3 is 0 Å². The number of hydrogen-bond donors (Lipinski definition) is 4. The lowest BCUT2D eigenvalue weighted by atomic mass is 10.3. The number of nitrogens with one attached hydrogen (secondary N) is 2. The molecule has 17 heavy (non-hydrogen) atoms. The Labute approximate surface area is 99.6 Å². The minimum absolute atomic E-state index is 0.0889. The first kappa shape index (κ1) is 14.8. The standard InChI is InChI=1S/C9H13N3O2.CH4N2/c1-6(2)14-7-3-4-8(11-5-7)9(13)12-10;2-1-3/h3-6H,10H2,1-2H3,(H,12,13);1H,(H3,2,3). The zero-order chi connectivity index (χ0) is 13.3. The molecular formula is C10H17N5O2. The molecule has 6 N–H and O–H groups in total. The van der Waals surface area contributed by atoms with Gasteiger partial charge in [0.2, 0.25) is 0 Å². The Balaban J connectivity index is 0.000000770. The molecule has 0 saturated carbocycles. The summed E-state index contributed by atoms with van der Waals surface area (Å²) in [6, 6.07) is 3.23. The molecule has 1 aromatic heterocycles. The summed E-state index contributed by atoms with van der Waals surface area (Å²) in [6.07, 6.45) is 2.33. The molecule has 94 valence electrons. The molecule has 1 aromatic rings. The highest BCUT2D eigenvalue weighted by atomic mass is 16.5. The molecular weight excluding hydrogens is 222 g/mol. The third-order valence-electron chi connectivity index (χ3n) is 1.47. The van der Waals surface area contributed by atoms with Crippen LogP contribution in [-0.2, 0) is 0 Å². The summed E-state index contributed by atoms with van der Waals surface area (Å²) < 4.78 is 5.36. The van der Waals surface area contributed by atoms with Crippen molar-refractivity contribution in [2.24, 2.45) is 11.6 Å². The predicted octanol–water partition coefficient (Wildman–Crippen LogP) is 0.0245. The van der Waals surface area contributed by atoms with Gasteiger partial charge in [0.1, 0.15) is 11.4 Å². The first-order valence-corrected chi connectivity index (χ1v) is 4.89. The molecule has 0 unspecified atom stereocenters. The zero-order valence-corrected chi connectivity index (χ0v) is 9.81. The number of nitrogen functional groups attached to an aromatic ring is 1. The molecule has 0 aliphatic rings. The number of aromatic nitrogens is 1. The molecule has 1 amide bonds. The normalized spacial score (nSPS) is 8.94. The SMILES string of the molecule is CC(C)Oc1ccc(C(=O)NN)nc1.N=CN. The van der Waals surface area contributed by atoms with E-state index in [1.54, 1.807) is 12.1 Å². The summed E-state index contributed by atoms with van der Waals surface area (Å²) in [7, 11) is 0. The average Bonchev–Trinajstić information content (AvgIpc) is 2.29. The van der Waals surface area contributed by atoms with Gasteiger partial charge in [-0.2, -0.15) is 0 Å². The number of nitrogens with zero attached hydrogens (tertiary/aromatic N) is 1. The van der Waals surface area contributed by atoms with Crippen molar-refractivity contribution in [2.75, 3.05) is 0 Å². The van der Waals surface area contributed by atoms with Crippen LogP contribution in [0.1, 0.15) is 24.3 Å². The van der Waals surface area contributed by atoms with Crippen LogP contribution in [0.3, 0.4) is 0 Å². The lowest BCUT2D eigenvalue weighted by Crippen LogP contribution is -2.30. The van der Waals surface area contributed by atoms with Gasteiger partial charge in [0.25, 0.3) is 5.91 Å². The van der Waals surface area contributed by atoms with Crippen molar-refractivity contribution in [1.82, 2.24) is 10.4 Å². The summed E-state index contributed by atoms with van der Waals surface area (Å²) in [5.41, 5.74) is 6.66. The number of amides is 1. The first-order chi connectivity index (χ1) is 8.04. The van der Waals surface area contributed by atoms with Crippen molar-refractivity contribution in [3.63, 3.8) is 0 Å². The molecule has 0 aliphatic heterocycles. The quantitative estimate of drug-likeness (QED) is 0.194. The topological polar surface area (TPSA) is 127 Å². The van der Waals surface area contributed by atoms with Gasteiger partial charge in [0, 0.05) is 0 Å². The summed E-state index contributed by atoms with van der Waals surface area (Å²) in [5, 5.41) is 5.86. The Morgan fingerprint density at radius 2 is 2.18 bits per heavy atom. The van der Waals surface area contributed by atoms with Crippen LogP contribution in [-0.4, -0.2) is 23.3 Å². The van der Waals surface area contributed by atoms with Crippen LogP contribution in [0.4, 0.5) is 0 Å². The molecule has 0 aliphatic carbocycles. The van der Waals surface area contributed by atoms with Crippen LogP contribution in [0.5, 0.6) is 5.75 Å². The Kier molecular flexibility index (Phi) is 7.04. The van der Waals surface area contributed by atoms with Crippen molar-refractivity contribution in [3.05, 3.63) is 24.0 Å². The van der Waals surface area contributed by atoms with Crippen molar-refractivity contribution < 1.29 is 9.53 Å². The molecule has 0 fully saturated rings. The Morgan fingerprint density at radius 3 is 2.53 bits per heavy atom. The van der Waals surface area contributed by atoms with Gasteiger partial charge in [-0.05, 0) is 26.0 Å². The molecule has 0 bridgehead atoms. The molecule has 7 heteroatoms. The molecule has 0 spiro atoms. The predicted molar refractivity (Wildman–Crippen MR) is 64.6 cm³/mol. The maximum atomic E-state index is 11.0. The Morgan fingerprint density at radius 1 is 1.59 bits per heavy atom. The summed E-state index contributed by atoms with van der Waals surface area (Å²) in [4.78, 5) is 14.9. The largest absolute Gasteiger partial charge is 0.489 e. The van der Waals surface area contributed by atoms with Crippen LogP contribution >= 0.6 is 0 Å². The number of rotatable bonds is 3. The van der Waals surface area contributed by atoms with Crippen LogP contribution < -0.4 is 21.7 Å². The number of hydrogen-bond acceptors (Lipinski definition) is 5. The number of carbonyl (C=O) groups excluding carboxylic acids is 1. The Bertz CT molecular complexity index is 350. The highest BCUT2D eigenvalue weighted by Gasteiger charge is 2.05. The van der Waals surface area contributed by atoms with Crippen LogP contribution in [0, 0.1) is 5.41 Å². The van der Waals surface area contributed by atoms with E-state index >= 15 is 0 Å². The van der Waals surface area contributed by atoms with E-state index in [0.29, 0.717) is 5.75 Å². The number of ether oxygens (including phenoxy) is 1. The van der Waals surface area contributed by atoms with Crippen molar-refractivity contribution in [3.8, 4) is 5.75 Å². The number of hydrazine groups is 1. The highest BCUT2D eigenvalue weighted by Crippen LogP contribution is 2.10. The number of carbonyl (C=O) groups is 1. The lowest BCUT2D eigenvalue weighted by Gasteiger charge is -2.08. The smallest absolute Gasteiger partial charge is 0.283 e. The minimum atomic E-state index is -0.416. The fourth-order valence-corrected chi connectivity index (χ4v) is 0.930. The molecule has 0 aromatic carbocycles. The maximum Gasteiger partial charge on any atom is 0.283 e. The fraction of sp³-hybridized carbons (Fsp3) is 0.300. The van der Waals surface area contributed by atoms with E-state index in [1.807, 2.05) is 19.3 Å². The second-order valence-corrected chi connectivity index (χ2v) is 3.19. The van der Waals surface area contributed by atoms with Crippen LogP contribution in [0.25, 0.3) is 0 Å². The third kappa shape index (κ3) is 6.10. The lowest BCUT2D eigenvalue weighted by molar-refractivity contribution is 0.0948.